The maximum absolute atomic E-state index is 13.2. The molecule has 0 spiro atoms. The first-order chi connectivity index (χ1) is 14.0. The summed E-state index contributed by atoms with van der Waals surface area (Å²) in [6.45, 7) is 6.48. The van der Waals surface area contributed by atoms with Crippen LogP contribution >= 0.6 is 0 Å². The zero-order valence-electron chi connectivity index (χ0n) is 17.0. The van der Waals surface area contributed by atoms with E-state index in [1.165, 1.54) is 28.8 Å². The molecule has 0 aliphatic rings. The van der Waals surface area contributed by atoms with E-state index in [1.54, 1.807) is 18.4 Å². The molecule has 4 nitrogen and oxygen atoms in total. The average molecular weight is 397 g/mol. The van der Waals surface area contributed by atoms with Gasteiger partial charge in [0.1, 0.15) is 18.2 Å². The van der Waals surface area contributed by atoms with Crippen LogP contribution in [0.15, 0.2) is 65.3 Å². The highest BCUT2D eigenvalue weighted by Gasteiger charge is 2.15. The number of furan rings is 1. The van der Waals surface area contributed by atoms with E-state index in [2.05, 4.69) is 36.9 Å². The van der Waals surface area contributed by atoms with Crippen LogP contribution in [0, 0.1) is 19.7 Å². The van der Waals surface area contributed by atoms with Crippen LogP contribution in [-0.2, 0) is 24.4 Å². The van der Waals surface area contributed by atoms with E-state index in [1.807, 2.05) is 12.1 Å². The Bertz CT molecular complexity index is 878. The van der Waals surface area contributed by atoms with Gasteiger partial charge in [-0.05, 0) is 54.8 Å². The van der Waals surface area contributed by atoms with E-state index in [0.29, 0.717) is 26.2 Å². The highest BCUT2D eigenvalue weighted by molar-refractivity contribution is 5.30. The Kier molecular flexibility index (Phi) is 7.58. The van der Waals surface area contributed by atoms with Gasteiger partial charge in [-0.1, -0.05) is 35.9 Å². The SMILES string of the molecule is Cc1ccc(CN(Cc2ccc(F)cc2)C[C@H](O)COCc2ccco2)c(C)c1. The number of aliphatic hydroxyl groups is 1. The molecule has 0 saturated carbocycles. The van der Waals surface area contributed by atoms with Crippen LogP contribution < -0.4 is 0 Å². The Morgan fingerprint density at radius 1 is 1.07 bits per heavy atom. The third-order valence-corrected chi connectivity index (χ3v) is 4.82. The number of ether oxygens (including phenoxy) is 1. The lowest BCUT2D eigenvalue weighted by Gasteiger charge is -2.26. The van der Waals surface area contributed by atoms with Gasteiger partial charge in [0.05, 0.1) is 19.0 Å². The lowest BCUT2D eigenvalue weighted by Crippen LogP contribution is -2.34. The van der Waals surface area contributed by atoms with Crippen molar-refractivity contribution in [3.8, 4) is 0 Å². The second-order valence-electron chi connectivity index (χ2n) is 7.47. The molecule has 0 unspecified atom stereocenters. The van der Waals surface area contributed by atoms with Crippen molar-refractivity contribution < 1.29 is 18.7 Å². The molecule has 3 aromatic rings. The van der Waals surface area contributed by atoms with Gasteiger partial charge in [0.15, 0.2) is 0 Å². The van der Waals surface area contributed by atoms with Gasteiger partial charge in [-0.25, -0.2) is 4.39 Å². The Hall–Kier alpha value is -2.47. The molecule has 0 amide bonds. The summed E-state index contributed by atoms with van der Waals surface area (Å²) >= 11 is 0. The largest absolute Gasteiger partial charge is 0.467 e. The molecule has 0 bridgehead atoms. The van der Waals surface area contributed by atoms with Crippen LogP contribution in [0.4, 0.5) is 4.39 Å². The van der Waals surface area contributed by atoms with E-state index < -0.39 is 6.10 Å². The van der Waals surface area contributed by atoms with Gasteiger partial charge in [-0.3, -0.25) is 4.90 Å². The van der Waals surface area contributed by atoms with E-state index >= 15 is 0 Å². The zero-order valence-corrected chi connectivity index (χ0v) is 17.0. The Morgan fingerprint density at radius 2 is 1.86 bits per heavy atom. The van der Waals surface area contributed by atoms with Crippen molar-refractivity contribution in [2.45, 2.75) is 39.6 Å². The summed E-state index contributed by atoms with van der Waals surface area (Å²) in [5.74, 6) is 0.483. The van der Waals surface area contributed by atoms with Gasteiger partial charge >= 0.3 is 0 Å². The fourth-order valence-electron chi connectivity index (χ4n) is 3.34. The van der Waals surface area contributed by atoms with Gasteiger partial charge in [0.2, 0.25) is 0 Å². The predicted molar refractivity (Wildman–Crippen MR) is 111 cm³/mol. The molecule has 1 N–H and O–H groups in total. The van der Waals surface area contributed by atoms with Gasteiger partial charge < -0.3 is 14.3 Å². The topological polar surface area (TPSA) is 45.8 Å². The maximum Gasteiger partial charge on any atom is 0.129 e. The molecular weight excluding hydrogens is 369 g/mol. The third-order valence-electron chi connectivity index (χ3n) is 4.82. The number of rotatable bonds is 10. The minimum Gasteiger partial charge on any atom is -0.467 e. The quantitative estimate of drug-likeness (QED) is 0.542. The van der Waals surface area contributed by atoms with Crippen molar-refractivity contribution in [2.24, 2.45) is 0 Å². The van der Waals surface area contributed by atoms with Gasteiger partial charge in [0.25, 0.3) is 0 Å². The minimum absolute atomic E-state index is 0.216. The van der Waals surface area contributed by atoms with Gasteiger partial charge in [-0.2, -0.15) is 0 Å². The molecule has 29 heavy (non-hydrogen) atoms. The van der Waals surface area contributed by atoms with E-state index in [4.69, 9.17) is 9.15 Å². The normalized spacial score (nSPS) is 12.4. The molecule has 1 atom stereocenters. The smallest absolute Gasteiger partial charge is 0.129 e. The second kappa shape index (κ2) is 10.3. The maximum atomic E-state index is 13.2. The van der Waals surface area contributed by atoms with Crippen molar-refractivity contribution in [3.63, 3.8) is 0 Å². The molecule has 0 fully saturated rings. The lowest BCUT2D eigenvalue weighted by molar-refractivity contribution is 0.00250. The number of hydrogen-bond donors (Lipinski definition) is 1. The number of aliphatic hydroxyl groups excluding tert-OH is 1. The summed E-state index contributed by atoms with van der Waals surface area (Å²) < 4.78 is 24.1. The molecule has 1 aromatic heterocycles. The van der Waals surface area contributed by atoms with E-state index in [9.17, 15) is 9.50 Å². The fraction of sp³-hybridized carbons (Fsp3) is 0.333. The molecule has 0 saturated heterocycles. The molecule has 2 aromatic carbocycles. The number of aryl methyl sites for hydroxylation is 2. The molecule has 5 heteroatoms. The minimum atomic E-state index is -0.642. The summed E-state index contributed by atoms with van der Waals surface area (Å²) in [4.78, 5) is 2.16. The first-order valence-corrected chi connectivity index (χ1v) is 9.80. The van der Waals surface area contributed by atoms with Gasteiger partial charge in [0, 0.05) is 19.6 Å². The molecule has 0 aliphatic heterocycles. The van der Waals surface area contributed by atoms with Crippen LogP contribution in [0.25, 0.3) is 0 Å². The van der Waals surface area contributed by atoms with Crippen LogP contribution in [0.3, 0.4) is 0 Å². The Morgan fingerprint density at radius 3 is 2.55 bits per heavy atom. The lowest BCUT2D eigenvalue weighted by atomic mass is 10.0. The fourth-order valence-corrected chi connectivity index (χ4v) is 3.34. The highest BCUT2D eigenvalue weighted by atomic mass is 19.1. The molecule has 0 radical (unpaired) electrons. The summed E-state index contributed by atoms with van der Waals surface area (Å²) in [7, 11) is 0. The first kappa shape index (κ1) is 21.2. The van der Waals surface area contributed by atoms with Crippen molar-refractivity contribution >= 4 is 0 Å². The number of hydrogen-bond acceptors (Lipinski definition) is 4. The Balaban J connectivity index is 1.63. The van der Waals surface area contributed by atoms with Crippen molar-refractivity contribution in [3.05, 3.63) is 94.7 Å². The first-order valence-electron chi connectivity index (χ1n) is 9.80. The molecule has 1 heterocycles. The monoisotopic (exact) mass is 397 g/mol. The third kappa shape index (κ3) is 6.82. The number of benzene rings is 2. The van der Waals surface area contributed by atoms with Crippen LogP contribution in [0.2, 0.25) is 0 Å². The number of nitrogens with zero attached hydrogens (tertiary/aromatic N) is 1. The van der Waals surface area contributed by atoms with Crippen molar-refractivity contribution in [2.75, 3.05) is 13.2 Å². The average Bonchev–Trinajstić information content (AvgIpc) is 3.19. The van der Waals surface area contributed by atoms with Crippen LogP contribution in [0.5, 0.6) is 0 Å². The predicted octanol–water partition coefficient (Wildman–Crippen LogP) is 4.62. The zero-order chi connectivity index (χ0) is 20.6. The van der Waals surface area contributed by atoms with Crippen LogP contribution in [0.1, 0.15) is 28.0 Å². The standard InChI is InChI=1S/C24H28FNO3/c1-18-5-8-21(19(2)12-18)14-26(13-20-6-9-22(25)10-7-20)15-23(27)16-28-17-24-4-3-11-29-24/h3-12,23,27H,13-17H2,1-2H3/t23-/m0/s1. The second-order valence-corrected chi connectivity index (χ2v) is 7.47. The number of halogens is 1. The molecule has 0 aliphatic carbocycles. The summed E-state index contributed by atoms with van der Waals surface area (Å²) in [6, 6.07) is 16.5. The van der Waals surface area contributed by atoms with Crippen molar-refractivity contribution in [1.82, 2.24) is 4.90 Å². The van der Waals surface area contributed by atoms with Crippen molar-refractivity contribution in [1.29, 1.82) is 0 Å². The van der Waals surface area contributed by atoms with E-state index in [0.717, 1.165) is 11.3 Å². The summed E-state index contributed by atoms with van der Waals surface area (Å²) in [6.07, 6.45) is 0.958. The van der Waals surface area contributed by atoms with Gasteiger partial charge in [-0.15, -0.1) is 0 Å². The Labute approximate surface area is 171 Å². The summed E-state index contributed by atoms with van der Waals surface area (Å²) in [5, 5.41) is 10.5. The van der Waals surface area contributed by atoms with E-state index in [-0.39, 0.29) is 12.4 Å². The summed E-state index contributed by atoms with van der Waals surface area (Å²) in [5.41, 5.74) is 4.65. The molecule has 3 rings (SSSR count). The molecule has 154 valence electrons. The highest BCUT2D eigenvalue weighted by Crippen LogP contribution is 2.16. The van der Waals surface area contributed by atoms with Crippen LogP contribution in [-0.4, -0.2) is 29.3 Å². The molecular formula is C24H28FNO3.